The topological polar surface area (TPSA) is 36.7 Å². The van der Waals surface area contributed by atoms with E-state index < -0.39 is 0 Å². The number of pyridine rings is 1. The average molecular weight is 757 g/mol. The maximum Gasteiger partial charge on any atom is 0.0991 e. The minimum Gasteiger partial charge on any atom is -0.256 e. The van der Waals surface area contributed by atoms with Gasteiger partial charge in [0.1, 0.15) is 0 Å². The van der Waals surface area contributed by atoms with E-state index in [0.717, 1.165) is 94.4 Å². The molecule has 1 aliphatic carbocycles. The van der Waals surface area contributed by atoms with Crippen LogP contribution in [-0.4, -0.2) is 4.98 Å². The number of allylic oxidation sites excluding steroid dienone is 4. The van der Waals surface area contributed by atoms with E-state index in [2.05, 4.69) is 173 Å². The van der Waals surface area contributed by atoms with Crippen molar-refractivity contribution in [3.05, 3.63) is 252 Å². The van der Waals surface area contributed by atoms with Crippen LogP contribution in [-0.2, 0) is 5.41 Å². The van der Waals surface area contributed by atoms with Gasteiger partial charge in [0.15, 0.2) is 0 Å². The van der Waals surface area contributed by atoms with Crippen LogP contribution in [0.5, 0.6) is 0 Å². The molecule has 1 aliphatic rings. The first-order chi connectivity index (χ1) is 28.7. The molecule has 6 aromatic carbocycles. The fourth-order valence-electron chi connectivity index (χ4n) is 8.16. The van der Waals surface area contributed by atoms with Crippen LogP contribution in [0.3, 0.4) is 0 Å². The summed E-state index contributed by atoms with van der Waals surface area (Å²) in [6, 6.07) is 60.6. The third kappa shape index (κ3) is 7.63. The van der Waals surface area contributed by atoms with E-state index in [1.807, 2.05) is 54.7 Å². The van der Waals surface area contributed by atoms with Gasteiger partial charge in [-0.15, -0.1) is 0 Å². The second kappa shape index (κ2) is 16.5. The average Bonchev–Trinajstić information content (AvgIpc) is 3.46. The Balaban J connectivity index is 1.28. The number of hydrogen-bond donors (Lipinski definition) is 0. The summed E-state index contributed by atoms with van der Waals surface area (Å²) in [6.07, 6.45) is 8.44. The highest BCUT2D eigenvalue weighted by Gasteiger charge is 2.37. The number of nitriles is 1. The summed E-state index contributed by atoms with van der Waals surface area (Å²) in [7, 11) is 0. The van der Waals surface area contributed by atoms with Crippen molar-refractivity contribution in [1.29, 1.82) is 5.26 Å². The number of fused-ring (bicyclic) bond motifs is 2. The molecule has 59 heavy (non-hydrogen) atoms. The molecule has 0 atom stereocenters. The molecule has 0 bridgehead atoms. The number of nitrogens with zero attached hydrogens (tertiary/aromatic N) is 2. The largest absolute Gasteiger partial charge is 0.256 e. The second-order valence-electron chi connectivity index (χ2n) is 15.3. The van der Waals surface area contributed by atoms with Gasteiger partial charge in [0.2, 0.25) is 0 Å². The van der Waals surface area contributed by atoms with Crippen molar-refractivity contribution in [2.24, 2.45) is 0 Å². The monoisotopic (exact) mass is 756 g/mol. The lowest BCUT2D eigenvalue weighted by molar-refractivity contribution is 0.661. The van der Waals surface area contributed by atoms with E-state index in [-0.39, 0.29) is 5.41 Å². The van der Waals surface area contributed by atoms with Gasteiger partial charge in [-0.3, -0.25) is 4.98 Å². The molecule has 7 aromatic rings. The fraction of sp³-hybridized carbons (Fsp3) is 0.0526. The van der Waals surface area contributed by atoms with Crippen molar-refractivity contribution < 1.29 is 0 Å². The van der Waals surface area contributed by atoms with Crippen LogP contribution in [0.15, 0.2) is 207 Å². The first-order valence-electron chi connectivity index (χ1n) is 19.8. The van der Waals surface area contributed by atoms with Crippen molar-refractivity contribution in [2.75, 3.05) is 0 Å². The van der Waals surface area contributed by atoms with Crippen LogP contribution in [0.1, 0.15) is 58.4 Å². The van der Waals surface area contributed by atoms with Gasteiger partial charge in [-0.25, -0.2) is 0 Å². The maximum absolute atomic E-state index is 9.67. The highest BCUT2D eigenvalue weighted by Crippen LogP contribution is 2.50. The van der Waals surface area contributed by atoms with E-state index in [0.29, 0.717) is 5.56 Å². The molecule has 0 unspecified atom stereocenters. The fourth-order valence-corrected chi connectivity index (χ4v) is 8.16. The van der Waals surface area contributed by atoms with E-state index in [9.17, 15) is 5.26 Å². The number of benzene rings is 5. The minimum atomic E-state index is -0.359. The first-order valence-corrected chi connectivity index (χ1v) is 19.8. The Morgan fingerprint density at radius 3 is 1.93 bits per heavy atom. The summed E-state index contributed by atoms with van der Waals surface area (Å²) in [6.45, 7) is 18.4. The van der Waals surface area contributed by atoms with Gasteiger partial charge in [-0.1, -0.05) is 203 Å². The summed E-state index contributed by atoms with van der Waals surface area (Å²) in [5, 5.41) is 11.8. The smallest absolute Gasteiger partial charge is 0.0991 e. The second-order valence-corrected chi connectivity index (χ2v) is 15.3. The van der Waals surface area contributed by atoms with Crippen LogP contribution in [0, 0.1) is 11.3 Å². The van der Waals surface area contributed by atoms with Crippen LogP contribution in [0.2, 0.25) is 0 Å². The predicted molar refractivity (Wildman–Crippen MR) is 251 cm³/mol. The van der Waals surface area contributed by atoms with Gasteiger partial charge in [0.25, 0.3) is 0 Å². The molecule has 8 rings (SSSR count). The molecule has 2 heteroatoms. The lowest BCUT2D eigenvalue weighted by Crippen LogP contribution is -2.15. The van der Waals surface area contributed by atoms with Crippen LogP contribution in [0.4, 0.5) is 0 Å². The highest BCUT2D eigenvalue weighted by atomic mass is 14.7. The Labute approximate surface area is 348 Å². The Morgan fingerprint density at radius 2 is 1.20 bits per heavy atom. The zero-order chi connectivity index (χ0) is 40.9. The summed E-state index contributed by atoms with van der Waals surface area (Å²) in [5.41, 5.74) is 15.5. The molecule has 0 aliphatic heterocycles. The highest BCUT2D eigenvalue weighted by molar-refractivity contribution is 6.04. The van der Waals surface area contributed by atoms with E-state index in [4.69, 9.17) is 11.6 Å². The Hall–Kier alpha value is -7.60. The third-order valence-electron chi connectivity index (χ3n) is 11.3. The molecule has 0 amide bonds. The van der Waals surface area contributed by atoms with E-state index >= 15 is 0 Å². The van der Waals surface area contributed by atoms with Crippen LogP contribution < -0.4 is 0 Å². The molecular formula is C57H44N2. The molecule has 282 valence electrons. The van der Waals surface area contributed by atoms with Crippen molar-refractivity contribution in [3.63, 3.8) is 0 Å². The summed E-state index contributed by atoms with van der Waals surface area (Å²) in [4.78, 5) is 4.94. The third-order valence-corrected chi connectivity index (χ3v) is 11.3. The molecule has 2 nitrogen and oxygen atoms in total. The summed E-state index contributed by atoms with van der Waals surface area (Å²) >= 11 is 0. The quantitative estimate of drug-likeness (QED) is 0.155. The predicted octanol–water partition coefficient (Wildman–Crippen LogP) is 14.7. The number of aromatic nitrogens is 1. The van der Waals surface area contributed by atoms with Crippen molar-refractivity contribution in [1.82, 2.24) is 4.98 Å². The molecule has 1 heterocycles. The molecule has 0 spiro atoms. The van der Waals surface area contributed by atoms with Gasteiger partial charge < -0.3 is 0 Å². The summed E-state index contributed by atoms with van der Waals surface area (Å²) in [5.74, 6) is 0. The lowest BCUT2D eigenvalue weighted by atomic mass is 9.80. The molecule has 0 radical (unpaired) electrons. The van der Waals surface area contributed by atoms with Crippen LogP contribution in [0.25, 0.3) is 62.0 Å². The number of rotatable bonds is 8. The zero-order valence-corrected chi connectivity index (χ0v) is 33.5. The Morgan fingerprint density at radius 1 is 0.610 bits per heavy atom. The Bertz CT molecular complexity index is 2950. The molecule has 0 fully saturated rings. The zero-order valence-electron chi connectivity index (χ0n) is 33.5. The minimum absolute atomic E-state index is 0.359. The SMILES string of the molecule is C=C1/C(=C\C(=C)c2ccccccc(C(=C)c3ccccc3-c3cc(-c4ccccc4)ncc3/C=C\c3ccccc3)c3ccccc23)C(C)(C)c2cc(C#N)ccc21. The van der Waals surface area contributed by atoms with Gasteiger partial charge in [-0.2, -0.15) is 5.26 Å². The van der Waals surface area contributed by atoms with E-state index in [1.54, 1.807) is 0 Å². The molecular weight excluding hydrogens is 713 g/mol. The Kier molecular flexibility index (Phi) is 10.7. The first kappa shape index (κ1) is 38.3. The van der Waals surface area contributed by atoms with Crippen molar-refractivity contribution in [2.45, 2.75) is 19.3 Å². The number of hydrogen-bond acceptors (Lipinski definition) is 2. The summed E-state index contributed by atoms with van der Waals surface area (Å²) < 4.78 is 0. The van der Waals surface area contributed by atoms with Crippen LogP contribution >= 0.6 is 0 Å². The maximum atomic E-state index is 9.67. The van der Waals surface area contributed by atoms with E-state index in [1.165, 1.54) is 0 Å². The van der Waals surface area contributed by atoms with Gasteiger partial charge in [0, 0.05) is 22.7 Å². The van der Waals surface area contributed by atoms with Crippen molar-refractivity contribution in [3.8, 4) is 28.5 Å². The van der Waals surface area contributed by atoms with Gasteiger partial charge in [-0.05, 0) is 95.8 Å². The molecule has 0 saturated carbocycles. The molecule has 0 saturated heterocycles. The lowest BCUT2D eigenvalue weighted by Gasteiger charge is -2.22. The standard InChI is InChI=1S/C57H44N2/c1-39(34-54-41(3)49-33-31-43(37-58)35-55(49)57(54,4)5)46-24-14-6-7-15-25-47(51-28-19-18-27-50(46)51)40(2)48-26-16-17-29-52(48)53-36-56(44-22-12-9-13-23-44)59-38-45(53)32-30-42-20-10-8-11-21-42/h6-36,38H,1-3H2,4-5H3/b7-6?,14-6?,15-7?,24-14?,25-15?,32-30-,46-24?,47-25?,50-46?,51-47?,54-34+. The van der Waals surface area contributed by atoms with Gasteiger partial charge in [0.05, 0.1) is 17.3 Å². The van der Waals surface area contributed by atoms with Crippen molar-refractivity contribution >= 4 is 39.6 Å². The molecule has 1 aromatic heterocycles. The van der Waals surface area contributed by atoms with Gasteiger partial charge >= 0.3 is 0 Å². The normalized spacial score (nSPS) is 13.5. The molecule has 0 N–H and O–H groups in total.